The lowest BCUT2D eigenvalue weighted by Crippen LogP contribution is -2.69. The molecule has 0 aliphatic heterocycles. The second-order valence-corrected chi connectivity index (χ2v) is 14.4. The van der Waals surface area contributed by atoms with Gasteiger partial charge in [0.1, 0.15) is 12.1 Å². The van der Waals surface area contributed by atoms with Crippen LogP contribution in [0.25, 0.3) is 0 Å². The van der Waals surface area contributed by atoms with Crippen LogP contribution in [0.15, 0.2) is 11.6 Å². The number of fused-ring (bicyclic) bond motifs is 7. The number of aliphatic hydroxyl groups is 2. The Morgan fingerprint density at radius 2 is 1.69 bits per heavy atom. The number of rotatable bonds is 2. The highest BCUT2D eigenvalue weighted by Crippen LogP contribution is 2.75. The van der Waals surface area contributed by atoms with Crippen molar-refractivity contribution in [1.82, 2.24) is 0 Å². The molecule has 3 N–H and O–H groups in total. The number of hydrogen-bond acceptors (Lipinski definition) is 5. The van der Waals surface area contributed by atoms with Gasteiger partial charge in [-0.15, -0.1) is 0 Å². The van der Waals surface area contributed by atoms with E-state index < -0.39 is 56.6 Å². The molecule has 0 aromatic rings. The van der Waals surface area contributed by atoms with Crippen LogP contribution >= 0.6 is 0 Å². The Balaban J connectivity index is 1.68. The molecule has 5 rings (SSSR count). The molecule has 4 fully saturated rings. The van der Waals surface area contributed by atoms with Gasteiger partial charge in [0, 0.05) is 18.3 Å². The van der Waals surface area contributed by atoms with E-state index in [9.17, 15) is 29.7 Å². The standard InChI is InChI=1S/C30H44O6/c1-17-9-12-30(24(34)35)14-13-27(4)18(22(30)29(17,6)36)7-8-20-25(2)11-10-21(33)26(3,16-31)23(25)19(32)15-28(20,27)5/h7,16-17,20-23,33,36H,8-15H2,1-6H3,(H,34,35)/t17-,20-,21+,22-,23-,25-,26+,27-,28-,29-,30+/m1/s1. The van der Waals surface area contributed by atoms with Gasteiger partial charge in [0.15, 0.2) is 0 Å². The molecule has 0 amide bonds. The lowest BCUT2D eigenvalue weighted by molar-refractivity contribution is -0.213. The van der Waals surface area contributed by atoms with E-state index in [2.05, 4.69) is 26.8 Å². The van der Waals surface area contributed by atoms with Crippen LogP contribution < -0.4 is 0 Å². The molecule has 0 bridgehead atoms. The zero-order valence-corrected chi connectivity index (χ0v) is 22.8. The van der Waals surface area contributed by atoms with Crippen molar-refractivity contribution in [1.29, 1.82) is 0 Å². The van der Waals surface area contributed by atoms with Crippen molar-refractivity contribution in [3.8, 4) is 0 Å². The van der Waals surface area contributed by atoms with Crippen LogP contribution in [0, 0.1) is 50.7 Å². The van der Waals surface area contributed by atoms with Gasteiger partial charge in [0.2, 0.25) is 0 Å². The van der Waals surface area contributed by atoms with Gasteiger partial charge < -0.3 is 20.1 Å². The van der Waals surface area contributed by atoms with E-state index in [0.717, 1.165) is 11.9 Å². The topological polar surface area (TPSA) is 112 Å². The van der Waals surface area contributed by atoms with Crippen molar-refractivity contribution in [3.63, 3.8) is 0 Å². The number of aliphatic carboxylic acids is 1. The molecule has 0 saturated heterocycles. The van der Waals surface area contributed by atoms with E-state index in [0.29, 0.717) is 51.4 Å². The molecule has 0 heterocycles. The molecule has 200 valence electrons. The Bertz CT molecular complexity index is 1050. The number of aldehydes is 1. The highest BCUT2D eigenvalue weighted by molar-refractivity contribution is 5.88. The van der Waals surface area contributed by atoms with Gasteiger partial charge in [0.25, 0.3) is 0 Å². The summed E-state index contributed by atoms with van der Waals surface area (Å²) >= 11 is 0. The van der Waals surface area contributed by atoms with Gasteiger partial charge in [0.05, 0.1) is 22.5 Å². The van der Waals surface area contributed by atoms with Crippen molar-refractivity contribution < 1.29 is 29.7 Å². The summed E-state index contributed by atoms with van der Waals surface area (Å²) in [6, 6.07) is 0. The molecule has 5 aliphatic rings. The second kappa shape index (κ2) is 7.53. The minimum atomic E-state index is -1.15. The predicted octanol–water partition coefficient (Wildman–Crippen LogP) is 4.56. The summed E-state index contributed by atoms with van der Waals surface area (Å²) in [5, 5.41) is 33.2. The van der Waals surface area contributed by atoms with E-state index in [-0.39, 0.29) is 17.6 Å². The Labute approximate surface area is 214 Å². The molecule has 0 aromatic heterocycles. The summed E-state index contributed by atoms with van der Waals surface area (Å²) in [4.78, 5) is 39.2. The first-order valence-corrected chi connectivity index (χ1v) is 13.9. The normalized spacial score (nSPS) is 56.4. The lowest BCUT2D eigenvalue weighted by atomic mass is 9.33. The largest absolute Gasteiger partial charge is 0.481 e. The number of carboxylic acid groups (broad SMARTS) is 1. The smallest absolute Gasteiger partial charge is 0.310 e. The quantitative estimate of drug-likeness (QED) is 0.378. The third-order valence-electron chi connectivity index (χ3n) is 13.1. The molecule has 6 nitrogen and oxygen atoms in total. The van der Waals surface area contributed by atoms with Crippen molar-refractivity contribution >= 4 is 18.0 Å². The molecule has 36 heavy (non-hydrogen) atoms. The summed E-state index contributed by atoms with van der Waals surface area (Å²) < 4.78 is 0. The summed E-state index contributed by atoms with van der Waals surface area (Å²) in [7, 11) is 0. The van der Waals surface area contributed by atoms with E-state index in [4.69, 9.17) is 0 Å². The number of aliphatic hydroxyl groups excluding tert-OH is 1. The van der Waals surface area contributed by atoms with Gasteiger partial charge >= 0.3 is 5.97 Å². The monoisotopic (exact) mass is 500 g/mol. The van der Waals surface area contributed by atoms with Crippen LogP contribution in [-0.2, 0) is 14.4 Å². The van der Waals surface area contributed by atoms with Crippen molar-refractivity contribution in [2.24, 2.45) is 50.7 Å². The van der Waals surface area contributed by atoms with E-state index in [1.165, 1.54) is 0 Å². The maximum Gasteiger partial charge on any atom is 0.310 e. The summed E-state index contributed by atoms with van der Waals surface area (Å²) in [6.45, 7) is 12.2. The molecule has 6 heteroatoms. The van der Waals surface area contributed by atoms with Crippen LogP contribution in [0.3, 0.4) is 0 Å². The Morgan fingerprint density at radius 1 is 1.03 bits per heavy atom. The number of Topliss-reactive ketones (excluding diaryl/α,β-unsaturated/α-hetero) is 1. The first-order chi connectivity index (χ1) is 16.6. The summed E-state index contributed by atoms with van der Waals surface area (Å²) in [5.41, 5.74) is -3.48. The number of carbonyl (C=O) groups is 3. The number of carbonyl (C=O) groups excluding carboxylic acids is 2. The lowest BCUT2D eigenvalue weighted by Gasteiger charge is -2.70. The highest BCUT2D eigenvalue weighted by Gasteiger charge is 2.73. The Hall–Kier alpha value is -1.53. The molecule has 4 saturated carbocycles. The van der Waals surface area contributed by atoms with Crippen LogP contribution in [0.1, 0.15) is 92.9 Å². The highest BCUT2D eigenvalue weighted by atomic mass is 16.4. The van der Waals surface area contributed by atoms with Crippen molar-refractivity contribution in [2.45, 2.75) is 105 Å². The Morgan fingerprint density at radius 3 is 2.31 bits per heavy atom. The van der Waals surface area contributed by atoms with Crippen molar-refractivity contribution in [2.75, 3.05) is 0 Å². The molecular formula is C30H44O6. The van der Waals surface area contributed by atoms with Crippen molar-refractivity contribution in [3.05, 3.63) is 11.6 Å². The van der Waals surface area contributed by atoms with E-state index in [1.807, 2.05) is 13.8 Å². The SMILES string of the molecule is C[C@@H]1CC[C@]2(C(=O)O)CC[C@]3(C)C(=CC[C@@H]4[C@@]5(C)CC[C@H](O)[C@](C)(C=O)[C@@H]5C(=O)C[C@]43C)[C@@H]2[C@]1(C)O. The maximum absolute atomic E-state index is 14.0. The van der Waals surface area contributed by atoms with Gasteiger partial charge in [-0.3, -0.25) is 9.59 Å². The van der Waals surface area contributed by atoms with Crippen LogP contribution in [0.4, 0.5) is 0 Å². The molecular weight excluding hydrogens is 456 g/mol. The molecule has 5 aliphatic carbocycles. The third kappa shape index (κ3) is 2.78. The van der Waals surface area contributed by atoms with Crippen LogP contribution in [-0.4, -0.2) is 45.1 Å². The fourth-order valence-electron chi connectivity index (χ4n) is 10.6. The summed E-state index contributed by atoms with van der Waals surface area (Å²) in [6.07, 6.45) is 6.81. The molecule has 0 spiro atoms. The first-order valence-electron chi connectivity index (χ1n) is 13.9. The van der Waals surface area contributed by atoms with Gasteiger partial charge in [-0.25, -0.2) is 0 Å². The first kappa shape index (κ1) is 26.1. The van der Waals surface area contributed by atoms with Gasteiger partial charge in [-0.2, -0.15) is 0 Å². The number of allylic oxidation sites excluding steroid dienone is 1. The minimum absolute atomic E-state index is 0.0215. The number of hydrogen-bond donors (Lipinski definition) is 3. The number of carboxylic acids is 1. The maximum atomic E-state index is 14.0. The van der Waals surface area contributed by atoms with E-state index >= 15 is 0 Å². The average Bonchev–Trinajstić information content (AvgIpc) is 2.79. The molecule has 0 unspecified atom stereocenters. The van der Waals surface area contributed by atoms with E-state index in [1.54, 1.807) is 6.92 Å². The predicted molar refractivity (Wildman–Crippen MR) is 135 cm³/mol. The number of ketones is 1. The molecule has 0 aromatic carbocycles. The minimum Gasteiger partial charge on any atom is -0.481 e. The third-order valence-corrected chi connectivity index (χ3v) is 13.1. The Kier molecular flexibility index (Phi) is 5.46. The summed E-state index contributed by atoms with van der Waals surface area (Å²) in [5.74, 6) is -1.68. The van der Waals surface area contributed by atoms with Gasteiger partial charge in [-0.1, -0.05) is 39.3 Å². The second-order valence-electron chi connectivity index (χ2n) is 14.4. The van der Waals surface area contributed by atoms with Crippen LogP contribution in [0.5, 0.6) is 0 Å². The average molecular weight is 501 g/mol. The molecule has 11 atom stereocenters. The zero-order valence-electron chi connectivity index (χ0n) is 22.8. The zero-order chi connectivity index (χ0) is 26.7. The molecule has 0 radical (unpaired) electrons. The van der Waals surface area contributed by atoms with Gasteiger partial charge in [-0.05, 0) is 86.9 Å². The fourth-order valence-corrected chi connectivity index (χ4v) is 10.6. The fraction of sp³-hybridized carbons (Fsp3) is 0.833. The van der Waals surface area contributed by atoms with Crippen LogP contribution in [0.2, 0.25) is 0 Å².